The van der Waals surface area contributed by atoms with Gasteiger partial charge in [-0.05, 0) is 12.9 Å². The van der Waals surface area contributed by atoms with Gasteiger partial charge in [0.2, 0.25) is 12.1 Å². The maximum atomic E-state index is 11.9. The molecule has 1 aliphatic rings. The Hall–Kier alpha value is -0.960. The summed E-state index contributed by atoms with van der Waals surface area (Å²) < 4.78 is 40.0. The highest BCUT2D eigenvalue weighted by Crippen LogP contribution is 2.18. The van der Waals surface area contributed by atoms with Gasteiger partial charge in [-0.2, -0.15) is 18.3 Å². The van der Waals surface area contributed by atoms with Gasteiger partial charge in [0.25, 0.3) is 5.91 Å². The summed E-state index contributed by atoms with van der Waals surface area (Å²) >= 11 is 3.28. The molecule has 0 saturated heterocycles. The number of carbonyl (C=O) groups is 1. The smallest absolute Gasteiger partial charge is 0.306 e. The van der Waals surface area contributed by atoms with Crippen LogP contribution in [-0.2, 0) is 8.98 Å². The van der Waals surface area contributed by atoms with Gasteiger partial charge in [0.1, 0.15) is 0 Å². The molecule has 0 saturated carbocycles. The number of rotatable bonds is 1. The first kappa shape index (κ1) is 10.1. The van der Waals surface area contributed by atoms with Gasteiger partial charge in [-0.15, -0.1) is 0 Å². The molecule has 0 aliphatic carbocycles. The van der Waals surface area contributed by atoms with Crippen LogP contribution in [0.25, 0.3) is 0 Å². The van der Waals surface area contributed by atoms with E-state index < -0.39 is 24.1 Å². The maximum Gasteiger partial charge on any atom is 0.440 e. The monoisotopic (exact) mass is 215 g/mol. The molecule has 1 unspecified atom stereocenters. The summed E-state index contributed by atoms with van der Waals surface area (Å²) in [6, 6.07) is 0. The molecule has 0 aromatic carbocycles. The molecule has 0 spiro atoms. The second-order valence-electron chi connectivity index (χ2n) is 2.05. The van der Waals surface area contributed by atoms with Crippen LogP contribution in [-0.4, -0.2) is 24.1 Å². The van der Waals surface area contributed by atoms with E-state index in [2.05, 4.69) is 22.2 Å². The second-order valence-corrected chi connectivity index (χ2v) is 2.26. The van der Waals surface area contributed by atoms with E-state index in [1.54, 1.807) is 0 Å². The number of hydrogen-bond donors (Lipinski definition) is 3. The predicted molar refractivity (Wildman–Crippen MR) is 38.6 cm³/mol. The fraction of sp³-hybridized carbons (Fsp3) is 0.500. The standard InChI is InChI=1S/C4H4F3N3O2S/c5-4(6,7)1-2(11)8-3(12-13)10-9-1/h3,10,13H,(H,8,11). The van der Waals surface area contributed by atoms with Crippen molar-refractivity contribution in [2.75, 3.05) is 0 Å². The number of carbonyl (C=O) groups excluding carboxylic acids is 1. The summed E-state index contributed by atoms with van der Waals surface area (Å²) in [6.45, 7) is 0. The minimum absolute atomic E-state index is 1.15. The van der Waals surface area contributed by atoms with E-state index in [4.69, 9.17) is 0 Å². The lowest BCUT2D eigenvalue weighted by molar-refractivity contribution is -0.123. The molecular formula is C4H4F3N3O2S. The van der Waals surface area contributed by atoms with Crippen molar-refractivity contribution in [2.24, 2.45) is 5.10 Å². The molecule has 13 heavy (non-hydrogen) atoms. The Kier molecular flexibility index (Phi) is 2.66. The largest absolute Gasteiger partial charge is 0.440 e. The van der Waals surface area contributed by atoms with Crippen molar-refractivity contribution >= 4 is 24.5 Å². The molecule has 5 nitrogen and oxygen atoms in total. The van der Waals surface area contributed by atoms with E-state index in [-0.39, 0.29) is 0 Å². The highest BCUT2D eigenvalue weighted by Gasteiger charge is 2.43. The Balaban J connectivity index is 2.79. The fourth-order valence-corrected chi connectivity index (χ4v) is 0.736. The molecule has 9 heteroatoms. The first-order valence-electron chi connectivity index (χ1n) is 2.96. The number of thiol groups is 1. The Morgan fingerprint density at radius 2 is 2.15 bits per heavy atom. The molecule has 0 fully saturated rings. The van der Waals surface area contributed by atoms with Crippen LogP contribution < -0.4 is 10.7 Å². The molecule has 1 aliphatic heterocycles. The number of hydrogen-bond acceptors (Lipinski definition) is 5. The van der Waals surface area contributed by atoms with Gasteiger partial charge in [0.15, 0.2) is 0 Å². The van der Waals surface area contributed by atoms with Crippen molar-refractivity contribution in [1.82, 2.24) is 10.7 Å². The van der Waals surface area contributed by atoms with Gasteiger partial charge >= 0.3 is 6.18 Å². The number of halogens is 3. The zero-order valence-corrected chi connectivity index (χ0v) is 6.82. The van der Waals surface area contributed by atoms with Crippen LogP contribution in [0.5, 0.6) is 0 Å². The van der Waals surface area contributed by atoms with Gasteiger partial charge in [-0.3, -0.25) is 14.4 Å². The summed E-state index contributed by atoms with van der Waals surface area (Å²) in [5.74, 6) is -1.36. The molecule has 0 bridgehead atoms. The van der Waals surface area contributed by atoms with Crippen molar-refractivity contribution < 1.29 is 22.1 Å². The van der Waals surface area contributed by atoms with E-state index in [1.807, 2.05) is 10.7 Å². The summed E-state index contributed by atoms with van der Waals surface area (Å²) in [4.78, 5) is 10.7. The van der Waals surface area contributed by atoms with Gasteiger partial charge in [-0.25, -0.2) is 0 Å². The van der Waals surface area contributed by atoms with E-state index in [1.165, 1.54) is 0 Å². The minimum Gasteiger partial charge on any atom is -0.306 e. The number of hydrazone groups is 1. The number of nitrogens with zero attached hydrogens (tertiary/aromatic N) is 1. The number of amides is 1. The van der Waals surface area contributed by atoms with Gasteiger partial charge < -0.3 is 5.32 Å². The zero-order chi connectivity index (χ0) is 10.1. The highest BCUT2D eigenvalue weighted by atomic mass is 32.1. The summed E-state index contributed by atoms with van der Waals surface area (Å²) in [7, 11) is 0. The van der Waals surface area contributed by atoms with E-state index in [0.29, 0.717) is 0 Å². The number of nitrogens with one attached hydrogen (secondary N) is 2. The molecule has 2 N–H and O–H groups in total. The summed E-state index contributed by atoms with van der Waals surface area (Å²) in [5, 5.41) is 4.61. The number of alkyl halides is 3. The fourth-order valence-electron chi connectivity index (χ4n) is 0.636. The Bertz CT molecular complexity index is 254. The first-order valence-corrected chi connectivity index (χ1v) is 3.33. The molecule has 0 radical (unpaired) electrons. The topological polar surface area (TPSA) is 62.7 Å². The van der Waals surface area contributed by atoms with E-state index in [0.717, 1.165) is 0 Å². The summed E-state index contributed by atoms with van der Waals surface area (Å²) in [5.41, 5.74) is 0.346. The van der Waals surface area contributed by atoms with Crippen molar-refractivity contribution in [3.63, 3.8) is 0 Å². The van der Waals surface area contributed by atoms with Crippen LogP contribution in [0.15, 0.2) is 5.10 Å². The average molecular weight is 215 g/mol. The van der Waals surface area contributed by atoms with Crippen LogP contribution in [0, 0.1) is 0 Å². The molecule has 1 amide bonds. The van der Waals surface area contributed by atoms with E-state index in [9.17, 15) is 18.0 Å². The van der Waals surface area contributed by atoms with Crippen LogP contribution in [0.3, 0.4) is 0 Å². The highest BCUT2D eigenvalue weighted by molar-refractivity contribution is 7.75. The van der Waals surface area contributed by atoms with Crippen LogP contribution in [0.4, 0.5) is 13.2 Å². The normalized spacial score (nSPS) is 23.2. The molecule has 1 heterocycles. The molecule has 0 aromatic heterocycles. The van der Waals surface area contributed by atoms with Gasteiger partial charge in [-0.1, -0.05) is 0 Å². The maximum absolute atomic E-state index is 11.9. The lowest BCUT2D eigenvalue weighted by Crippen LogP contribution is -2.54. The van der Waals surface area contributed by atoms with Crippen LogP contribution in [0.1, 0.15) is 0 Å². The first-order chi connectivity index (χ1) is 5.95. The van der Waals surface area contributed by atoms with Gasteiger partial charge in [0.05, 0.1) is 0 Å². The van der Waals surface area contributed by atoms with Crippen molar-refractivity contribution in [3.05, 3.63) is 0 Å². The van der Waals surface area contributed by atoms with E-state index >= 15 is 0 Å². The van der Waals surface area contributed by atoms with Crippen molar-refractivity contribution in [2.45, 2.75) is 12.5 Å². The van der Waals surface area contributed by atoms with Crippen LogP contribution >= 0.6 is 12.9 Å². The molecule has 74 valence electrons. The van der Waals surface area contributed by atoms with Crippen LogP contribution in [0.2, 0.25) is 0 Å². The zero-order valence-electron chi connectivity index (χ0n) is 5.92. The Morgan fingerprint density at radius 3 is 2.54 bits per heavy atom. The lowest BCUT2D eigenvalue weighted by atomic mass is 10.3. The van der Waals surface area contributed by atoms with Crippen molar-refractivity contribution in [1.29, 1.82) is 0 Å². The molecule has 1 rings (SSSR count). The van der Waals surface area contributed by atoms with Crippen molar-refractivity contribution in [3.8, 4) is 0 Å². The molecule has 0 aromatic rings. The Labute approximate surface area is 75.9 Å². The quantitative estimate of drug-likeness (QED) is 0.418. The average Bonchev–Trinajstić information content (AvgIpc) is 2.01. The SMILES string of the molecule is O=C1NC(OS)NN=C1C(F)(F)F. The van der Waals surface area contributed by atoms with Gasteiger partial charge in [0, 0.05) is 0 Å². The lowest BCUT2D eigenvalue weighted by Gasteiger charge is -2.22. The molecule has 1 atom stereocenters. The minimum atomic E-state index is -4.78. The third-order valence-electron chi connectivity index (χ3n) is 1.14. The predicted octanol–water partition coefficient (Wildman–Crippen LogP) is -0.231. The third-order valence-corrected chi connectivity index (χ3v) is 1.36. The summed E-state index contributed by atoms with van der Waals surface area (Å²) in [6.07, 6.45) is -5.93. The third kappa shape index (κ3) is 2.25. The second kappa shape index (κ2) is 3.42. The molecular weight excluding hydrogens is 211 g/mol. The Morgan fingerprint density at radius 1 is 1.54 bits per heavy atom.